The summed E-state index contributed by atoms with van der Waals surface area (Å²) in [6, 6.07) is 0. The van der Waals surface area contributed by atoms with Gasteiger partial charge in [0.1, 0.15) is 0 Å². The van der Waals surface area contributed by atoms with Gasteiger partial charge in [-0.3, -0.25) is 4.79 Å². The Hall–Kier alpha value is -2.78. The SMILES string of the molecule is C.CC(=O)C(C)=C(C)C.CCCCCC(C)=C(C)C.COC(=O)C(C)=C(F)F.COC(=O)C(F)=C(F)F. The van der Waals surface area contributed by atoms with E-state index in [0.29, 0.717) is 0 Å². The Morgan fingerprint density at radius 2 is 1.05 bits per heavy atom. The normalized spacial score (nSPS) is 8.54. The molecule has 0 atom stereocenters. The first-order valence-electron chi connectivity index (χ1n) is 11.1. The number of unbranched alkanes of at least 4 members (excludes halogenated alkanes) is 2. The van der Waals surface area contributed by atoms with Crippen LogP contribution in [0.2, 0.25) is 0 Å². The van der Waals surface area contributed by atoms with Crippen LogP contribution in [0.15, 0.2) is 45.9 Å². The Kier molecular flexibility index (Phi) is 31.4. The maximum absolute atomic E-state index is 11.6. The Morgan fingerprint density at radius 1 is 0.622 bits per heavy atom. The Bertz CT molecular complexity index is 773. The van der Waals surface area contributed by atoms with Gasteiger partial charge < -0.3 is 9.47 Å². The molecule has 0 aromatic carbocycles. The van der Waals surface area contributed by atoms with Gasteiger partial charge in [-0.15, -0.1) is 0 Å². The zero-order valence-electron chi connectivity index (χ0n) is 23.3. The third-order valence-electron chi connectivity index (χ3n) is 4.59. The molecule has 0 aliphatic heterocycles. The molecule has 0 fully saturated rings. The van der Waals surface area contributed by atoms with Gasteiger partial charge in [-0.1, -0.05) is 43.9 Å². The lowest BCUT2D eigenvalue weighted by molar-refractivity contribution is -0.138. The minimum absolute atomic E-state index is 0. The molecule has 0 aliphatic rings. The van der Waals surface area contributed by atoms with Gasteiger partial charge in [0.2, 0.25) is 0 Å². The zero-order chi connectivity index (χ0) is 29.6. The van der Waals surface area contributed by atoms with E-state index < -0.39 is 35.5 Å². The molecular weight excluding hydrogens is 499 g/mol. The lowest BCUT2D eigenvalue weighted by Crippen LogP contribution is -2.01. The van der Waals surface area contributed by atoms with Crippen molar-refractivity contribution in [2.24, 2.45) is 0 Å². The number of ether oxygens (including phenoxy) is 2. The average molecular weight is 545 g/mol. The largest absolute Gasteiger partial charge is 0.466 e. The first-order chi connectivity index (χ1) is 16.4. The van der Waals surface area contributed by atoms with Crippen molar-refractivity contribution >= 4 is 17.7 Å². The molecule has 0 amide bonds. The summed E-state index contributed by atoms with van der Waals surface area (Å²) in [6.07, 6.45) is 0.716. The van der Waals surface area contributed by atoms with Crippen LogP contribution in [0.25, 0.3) is 0 Å². The molecule has 0 rings (SSSR count). The monoisotopic (exact) mass is 544 g/mol. The first kappa shape index (κ1) is 44.2. The van der Waals surface area contributed by atoms with Crippen molar-refractivity contribution in [3.8, 4) is 0 Å². The summed E-state index contributed by atoms with van der Waals surface area (Å²) >= 11 is 0. The van der Waals surface area contributed by atoms with Gasteiger partial charge in [0, 0.05) is 0 Å². The van der Waals surface area contributed by atoms with E-state index in [4.69, 9.17) is 0 Å². The van der Waals surface area contributed by atoms with E-state index in [1.807, 2.05) is 20.8 Å². The van der Waals surface area contributed by atoms with Crippen LogP contribution >= 0.6 is 0 Å². The van der Waals surface area contributed by atoms with E-state index in [2.05, 4.69) is 37.2 Å². The fourth-order valence-electron chi connectivity index (χ4n) is 1.64. The molecule has 0 heterocycles. The number of ketones is 1. The van der Waals surface area contributed by atoms with Gasteiger partial charge >= 0.3 is 18.0 Å². The van der Waals surface area contributed by atoms with Gasteiger partial charge in [0.25, 0.3) is 11.9 Å². The predicted octanol–water partition coefficient (Wildman–Crippen LogP) is 9.06. The number of carbonyl (C=O) groups is 3. The Balaban J connectivity index is -0.000000122. The standard InChI is InChI=1S/C10H20.C7H12O.C5H6F2O2.C4H3F3O2.CH4/c1-5-6-7-8-10(4)9(2)3;1-5(2)6(3)7(4)8;1-3(4(6)7)5(8)9-2;1-9-4(8)2(5)3(6)7;/h5-8H2,1-4H3;1-4H3;1-2H3;1H3;1H4. The lowest BCUT2D eigenvalue weighted by Gasteiger charge is -2.01. The summed E-state index contributed by atoms with van der Waals surface area (Å²) in [6.45, 7) is 17.2. The van der Waals surface area contributed by atoms with Gasteiger partial charge in [0.05, 0.1) is 19.8 Å². The molecule has 0 radical (unpaired) electrons. The molecule has 218 valence electrons. The second-order valence-electron chi connectivity index (χ2n) is 7.86. The summed E-state index contributed by atoms with van der Waals surface area (Å²) in [7, 11) is 1.86. The van der Waals surface area contributed by atoms with Crippen LogP contribution in [-0.4, -0.2) is 31.9 Å². The molecule has 0 N–H and O–H groups in total. The molecule has 0 spiro atoms. The molecule has 0 bridgehead atoms. The van der Waals surface area contributed by atoms with Gasteiger partial charge in [0.15, 0.2) is 5.78 Å². The second-order valence-corrected chi connectivity index (χ2v) is 7.86. The minimum Gasteiger partial charge on any atom is -0.466 e. The summed E-state index contributed by atoms with van der Waals surface area (Å²) in [4.78, 5) is 30.5. The van der Waals surface area contributed by atoms with Crippen LogP contribution in [0, 0.1) is 0 Å². The van der Waals surface area contributed by atoms with Crippen LogP contribution in [0.1, 0.15) is 95.4 Å². The van der Waals surface area contributed by atoms with Crippen LogP contribution in [0.3, 0.4) is 0 Å². The van der Waals surface area contributed by atoms with Crippen molar-refractivity contribution in [1.82, 2.24) is 0 Å². The summed E-state index contributed by atoms with van der Waals surface area (Å²) in [5, 5.41) is 0. The summed E-state index contributed by atoms with van der Waals surface area (Å²) < 4.78 is 64.2. The molecule has 0 saturated carbocycles. The summed E-state index contributed by atoms with van der Waals surface area (Å²) in [5.74, 6) is -4.62. The van der Waals surface area contributed by atoms with Crippen molar-refractivity contribution in [3.63, 3.8) is 0 Å². The number of methoxy groups -OCH3 is 2. The van der Waals surface area contributed by atoms with Crippen LogP contribution in [-0.2, 0) is 23.9 Å². The lowest BCUT2D eigenvalue weighted by atomic mass is 10.1. The summed E-state index contributed by atoms with van der Waals surface area (Å²) in [5.41, 5.74) is 4.42. The number of carbonyl (C=O) groups excluding carboxylic acids is 3. The second kappa shape index (κ2) is 26.3. The van der Waals surface area contributed by atoms with Crippen molar-refractivity contribution in [2.75, 3.05) is 14.2 Å². The van der Waals surface area contributed by atoms with Crippen LogP contribution in [0.4, 0.5) is 22.0 Å². The van der Waals surface area contributed by atoms with Crippen molar-refractivity contribution < 1.29 is 45.8 Å². The fourth-order valence-corrected chi connectivity index (χ4v) is 1.64. The number of hydrogen-bond donors (Lipinski definition) is 0. The Labute approximate surface area is 219 Å². The average Bonchev–Trinajstić information content (AvgIpc) is 2.82. The van der Waals surface area contributed by atoms with Gasteiger partial charge in [-0.05, 0) is 73.8 Å². The third kappa shape index (κ3) is 27.7. The molecule has 0 aliphatic carbocycles. The smallest absolute Gasteiger partial charge is 0.372 e. The molecule has 37 heavy (non-hydrogen) atoms. The van der Waals surface area contributed by atoms with Gasteiger partial charge in [-0.25, -0.2) is 9.59 Å². The molecule has 5 nitrogen and oxygen atoms in total. The van der Waals surface area contributed by atoms with Crippen molar-refractivity contribution in [1.29, 1.82) is 0 Å². The molecular formula is C27H45F5O5. The highest BCUT2D eigenvalue weighted by Gasteiger charge is 2.15. The molecule has 0 saturated heterocycles. The van der Waals surface area contributed by atoms with E-state index in [9.17, 15) is 36.3 Å². The fraction of sp³-hybridized carbons (Fsp3) is 0.593. The number of rotatable bonds is 7. The highest BCUT2D eigenvalue weighted by Crippen LogP contribution is 2.12. The minimum atomic E-state index is -2.66. The highest BCUT2D eigenvalue weighted by molar-refractivity contribution is 5.93. The van der Waals surface area contributed by atoms with Gasteiger partial charge in [-0.2, -0.15) is 22.0 Å². The quantitative estimate of drug-likeness (QED) is 0.105. The number of halogens is 5. The van der Waals surface area contributed by atoms with Crippen molar-refractivity contribution in [3.05, 3.63) is 45.9 Å². The number of esters is 2. The highest BCUT2D eigenvalue weighted by atomic mass is 19.3. The zero-order valence-corrected chi connectivity index (χ0v) is 23.3. The van der Waals surface area contributed by atoms with Crippen LogP contribution in [0.5, 0.6) is 0 Å². The maximum Gasteiger partial charge on any atom is 0.372 e. The van der Waals surface area contributed by atoms with E-state index in [1.165, 1.54) is 31.3 Å². The van der Waals surface area contributed by atoms with Crippen LogP contribution < -0.4 is 0 Å². The Morgan fingerprint density at radius 3 is 1.22 bits per heavy atom. The maximum atomic E-state index is 11.6. The third-order valence-corrected chi connectivity index (χ3v) is 4.59. The molecule has 0 unspecified atom stereocenters. The van der Waals surface area contributed by atoms with Crippen molar-refractivity contribution in [2.45, 2.75) is 95.4 Å². The van der Waals surface area contributed by atoms with E-state index in [1.54, 1.807) is 12.5 Å². The molecule has 0 aromatic heterocycles. The van der Waals surface area contributed by atoms with E-state index in [-0.39, 0.29) is 13.2 Å². The number of hydrogen-bond acceptors (Lipinski definition) is 5. The van der Waals surface area contributed by atoms with E-state index >= 15 is 0 Å². The molecule has 0 aromatic rings. The number of Topliss-reactive ketones (excluding diaryl/α,β-unsaturated/α-hetero) is 1. The predicted molar refractivity (Wildman–Crippen MR) is 139 cm³/mol. The van der Waals surface area contributed by atoms with E-state index in [0.717, 1.165) is 32.3 Å². The number of allylic oxidation sites excluding steroid dienone is 4. The first-order valence-corrected chi connectivity index (χ1v) is 11.1. The molecule has 10 heteroatoms. The topological polar surface area (TPSA) is 69.7 Å².